The largest absolute Gasteiger partial charge is 0.357 e. The molecular formula is C16H17N3. The van der Waals surface area contributed by atoms with Crippen LogP contribution < -0.4 is 4.90 Å². The molecule has 0 radical (unpaired) electrons. The lowest BCUT2D eigenvalue weighted by molar-refractivity contribution is 0.574. The van der Waals surface area contributed by atoms with Crippen LogP contribution >= 0.6 is 0 Å². The van der Waals surface area contributed by atoms with Gasteiger partial charge in [0.2, 0.25) is 0 Å². The van der Waals surface area contributed by atoms with Crippen molar-refractivity contribution in [2.45, 2.75) is 19.3 Å². The first-order chi connectivity index (χ1) is 9.42. The van der Waals surface area contributed by atoms with Crippen LogP contribution in [0.1, 0.15) is 19.3 Å². The first-order valence-electron chi connectivity index (χ1n) is 7.03. The minimum absolute atomic E-state index is 1.12. The van der Waals surface area contributed by atoms with E-state index >= 15 is 0 Å². The molecule has 3 nitrogen and oxygen atoms in total. The van der Waals surface area contributed by atoms with Gasteiger partial charge in [0.15, 0.2) is 0 Å². The third-order valence-corrected chi connectivity index (χ3v) is 4.06. The Hall–Kier alpha value is -2.03. The number of aromatic amines is 1. The van der Waals surface area contributed by atoms with Crippen LogP contribution in [0, 0.1) is 0 Å². The number of hydrogen-bond donors (Lipinski definition) is 1. The average molecular weight is 251 g/mol. The van der Waals surface area contributed by atoms with Crippen molar-refractivity contribution < 1.29 is 0 Å². The number of pyridine rings is 1. The van der Waals surface area contributed by atoms with Gasteiger partial charge in [-0.3, -0.25) is 0 Å². The fourth-order valence-corrected chi connectivity index (χ4v) is 3.03. The number of hydrogen-bond acceptors (Lipinski definition) is 2. The second kappa shape index (κ2) is 4.26. The van der Waals surface area contributed by atoms with E-state index in [-0.39, 0.29) is 0 Å². The topological polar surface area (TPSA) is 31.9 Å². The van der Waals surface area contributed by atoms with Crippen LogP contribution in [0.15, 0.2) is 36.5 Å². The molecule has 0 amide bonds. The van der Waals surface area contributed by atoms with Gasteiger partial charge in [0.1, 0.15) is 5.82 Å². The van der Waals surface area contributed by atoms with Crippen molar-refractivity contribution in [3.63, 3.8) is 0 Å². The molecule has 0 bridgehead atoms. The summed E-state index contributed by atoms with van der Waals surface area (Å²) in [5, 5.41) is 2.57. The number of fused-ring (bicyclic) bond motifs is 3. The molecule has 1 aliphatic rings. The van der Waals surface area contributed by atoms with Crippen molar-refractivity contribution in [1.82, 2.24) is 9.97 Å². The Balaban J connectivity index is 1.87. The Kier molecular flexibility index (Phi) is 2.44. The Labute approximate surface area is 112 Å². The quantitative estimate of drug-likeness (QED) is 0.715. The van der Waals surface area contributed by atoms with Crippen LogP contribution in [0.3, 0.4) is 0 Å². The molecular weight excluding hydrogens is 234 g/mol. The van der Waals surface area contributed by atoms with E-state index in [0.29, 0.717) is 0 Å². The van der Waals surface area contributed by atoms with Crippen molar-refractivity contribution in [3.8, 4) is 0 Å². The zero-order valence-electron chi connectivity index (χ0n) is 10.9. The summed E-state index contributed by atoms with van der Waals surface area (Å²) >= 11 is 0. The van der Waals surface area contributed by atoms with Gasteiger partial charge in [0, 0.05) is 29.4 Å². The molecule has 1 aromatic carbocycles. The predicted molar refractivity (Wildman–Crippen MR) is 79.7 cm³/mol. The smallest absolute Gasteiger partial charge is 0.129 e. The van der Waals surface area contributed by atoms with Crippen LogP contribution in [-0.2, 0) is 0 Å². The van der Waals surface area contributed by atoms with Crippen molar-refractivity contribution in [2.75, 3.05) is 18.0 Å². The van der Waals surface area contributed by atoms with Gasteiger partial charge in [-0.2, -0.15) is 0 Å². The third-order valence-electron chi connectivity index (χ3n) is 4.06. The first kappa shape index (κ1) is 10.9. The van der Waals surface area contributed by atoms with Crippen molar-refractivity contribution >= 4 is 27.6 Å². The van der Waals surface area contributed by atoms with Gasteiger partial charge >= 0.3 is 0 Å². The molecule has 4 rings (SSSR count). The maximum Gasteiger partial charge on any atom is 0.129 e. The van der Waals surface area contributed by atoms with Crippen LogP contribution in [0.25, 0.3) is 21.8 Å². The van der Waals surface area contributed by atoms with Gasteiger partial charge in [-0.15, -0.1) is 0 Å². The summed E-state index contributed by atoms with van der Waals surface area (Å²) in [6, 6.07) is 10.7. The van der Waals surface area contributed by atoms with Gasteiger partial charge in [-0.1, -0.05) is 18.2 Å². The van der Waals surface area contributed by atoms with Crippen molar-refractivity contribution in [2.24, 2.45) is 0 Å². The summed E-state index contributed by atoms with van der Waals surface area (Å²) in [5.41, 5.74) is 2.32. The SMILES string of the molecule is c1ccc2c(c1)[nH]c1cnc(N3CCCCC3)cc12. The van der Waals surface area contributed by atoms with E-state index in [1.807, 2.05) is 6.20 Å². The number of H-pyrrole nitrogens is 1. The monoisotopic (exact) mass is 251 g/mol. The molecule has 1 fully saturated rings. The summed E-state index contributed by atoms with van der Waals surface area (Å²) in [5.74, 6) is 1.12. The number of rotatable bonds is 1. The van der Waals surface area contributed by atoms with Gasteiger partial charge < -0.3 is 9.88 Å². The van der Waals surface area contributed by atoms with E-state index < -0.39 is 0 Å². The van der Waals surface area contributed by atoms with E-state index in [9.17, 15) is 0 Å². The maximum atomic E-state index is 4.62. The Morgan fingerprint density at radius 2 is 1.79 bits per heavy atom. The van der Waals surface area contributed by atoms with Crippen LogP contribution in [-0.4, -0.2) is 23.1 Å². The molecule has 0 spiro atoms. The van der Waals surface area contributed by atoms with E-state index in [0.717, 1.165) is 24.4 Å². The number of para-hydroxylation sites is 1. The average Bonchev–Trinajstić information content (AvgIpc) is 2.86. The molecule has 0 unspecified atom stereocenters. The first-order valence-corrected chi connectivity index (χ1v) is 7.03. The maximum absolute atomic E-state index is 4.62. The molecule has 0 aliphatic carbocycles. The lowest BCUT2D eigenvalue weighted by atomic mass is 10.1. The summed E-state index contributed by atoms with van der Waals surface area (Å²) in [4.78, 5) is 10.5. The number of nitrogens with zero attached hydrogens (tertiary/aromatic N) is 2. The minimum Gasteiger partial charge on any atom is -0.357 e. The second-order valence-electron chi connectivity index (χ2n) is 5.31. The Morgan fingerprint density at radius 3 is 2.68 bits per heavy atom. The highest BCUT2D eigenvalue weighted by Gasteiger charge is 2.13. The lowest BCUT2D eigenvalue weighted by Crippen LogP contribution is -2.29. The molecule has 2 aromatic heterocycles. The highest BCUT2D eigenvalue weighted by atomic mass is 15.2. The second-order valence-corrected chi connectivity index (χ2v) is 5.31. The summed E-state index contributed by atoms with van der Waals surface area (Å²) in [6.45, 7) is 2.28. The summed E-state index contributed by atoms with van der Waals surface area (Å²) in [6.07, 6.45) is 5.90. The molecule has 96 valence electrons. The van der Waals surface area contributed by atoms with Gasteiger partial charge in [0.25, 0.3) is 0 Å². The molecule has 3 heteroatoms. The fraction of sp³-hybridized carbons (Fsp3) is 0.312. The zero-order valence-corrected chi connectivity index (χ0v) is 10.9. The standard InChI is InChI=1S/C16H17N3/c1-4-8-19(9-5-1)16-10-13-12-6-2-3-7-14(12)18-15(13)11-17-16/h2-3,6-7,10-11,18H,1,4-5,8-9H2. The van der Waals surface area contributed by atoms with E-state index in [1.54, 1.807) is 0 Å². The number of aromatic nitrogens is 2. The molecule has 1 aliphatic heterocycles. The van der Waals surface area contributed by atoms with Crippen LogP contribution in [0.4, 0.5) is 5.82 Å². The molecule has 1 N–H and O–H groups in total. The number of benzene rings is 1. The van der Waals surface area contributed by atoms with Gasteiger partial charge in [-0.05, 0) is 31.4 Å². The summed E-state index contributed by atoms with van der Waals surface area (Å²) in [7, 11) is 0. The van der Waals surface area contributed by atoms with Gasteiger partial charge in [-0.25, -0.2) is 4.98 Å². The highest BCUT2D eigenvalue weighted by Crippen LogP contribution is 2.28. The van der Waals surface area contributed by atoms with Crippen molar-refractivity contribution in [1.29, 1.82) is 0 Å². The van der Waals surface area contributed by atoms with E-state index in [2.05, 4.69) is 45.2 Å². The van der Waals surface area contributed by atoms with Crippen LogP contribution in [0.5, 0.6) is 0 Å². The number of piperidine rings is 1. The molecule has 0 saturated carbocycles. The zero-order chi connectivity index (χ0) is 12.7. The normalized spacial score (nSPS) is 16.3. The highest BCUT2D eigenvalue weighted by molar-refractivity contribution is 6.07. The minimum atomic E-state index is 1.12. The molecule has 1 saturated heterocycles. The third kappa shape index (κ3) is 1.77. The molecule has 19 heavy (non-hydrogen) atoms. The summed E-state index contributed by atoms with van der Waals surface area (Å²) < 4.78 is 0. The Bertz CT molecular complexity index is 723. The molecule has 3 heterocycles. The fourth-order valence-electron chi connectivity index (χ4n) is 3.03. The van der Waals surface area contributed by atoms with Gasteiger partial charge in [0.05, 0.1) is 11.7 Å². The number of nitrogens with one attached hydrogen (secondary N) is 1. The van der Waals surface area contributed by atoms with E-state index in [1.165, 1.54) is 35.6 Å². The molecule has 3 aromatic rings. The lowest BCUT2D eigenvalue weighted by Gasteiger charge is -2.27. The van der Waals surface area contributed by atoms with Crippen molar-refractivity contribution in [3.05, 3.63) is 36.5 Å². The van der Waals surface area contributed by atoms with E-state index in [4.69, 9.17) is 0 Å². The Morgan fingerprint density at radius 1 is 0.947 bits per heavy atom. The predicted octanol–water partition coefficient (Wildman–Crippen LogP) is 3.71. The molecule has 0 atom stereocenters. The number of anilines is 1. The van der Waals surface area contributed by atoms with Crippen LogP contribution in [0.2, 0.25) is 0 Å².